The summed E-state index contributed by atoms with van der Waals surface area (Å²) in [4.78, 5) is 24.5. The molecule has 0 aliphatic rings. The van der Waals surface area contributed by atoms with Crippen molar-refractivity contribution in [3.63, 3.8) is 0 Å². The van der Waals surface area contributed by atoms with E-state index < -0.39 is 0 Å². The van der Waals surface area contributed by atoms with Crippen molar-refractivity contribution in [1.29, 1.82) is 0 Å². The first kappa shape index (κ1) is 14.2. The highest BCUT2D eigenvalue weighted by molar-refractivity contribution is 5.96. The maximum Gasteiger partial charge on any atom is 0.307 e. The van der Waals surface area contributed by atoms with Crippen LogP contribution in [0.25, 0.3) is 0 Å². The lowest BCUT2D eigenvalue weighted by Crippen LogP contribution is -2.21. The zero-order valence-corrected chi connectivity index (χ0v) is 11.1. The quantitative estimate of drug-likeness (QED) is 0.573. The zero-order valence-electron chi connectivity index (χ0n) is 11.1. The van der Waals surface area contributed by atoms with Crippen molar-refractivity contribution in [2.75, 3.05) is 25.6 Å². The molecule has 0 aromatic heterocycles. The highest BCUT2D eigenvalue weighted by atomic mass is 16.5. The topological polar surface area (TPSA) is 46.6 Å². The van der Waals surface area contributed by atoms with Gasteiger partial charge in [-0.3, -0.25) is 9.59 Å². The molecule has 0 saturated heterocycles. The number of anilines is 1. The summed E-state index contributed by atoms with van der Waals surface area (Å²) in [6, 6.07) is 7.41. The molecule has 0 saturated carbocycles. The number of nitrogens with zero attached hydrogens (tertiary/aromatic N) is 1. The number of carbonyl (C=O) groups excluding carboxylic acids is 2. The average molecular weight is 249 g/mol. The van der Waals surface area contributed by atoms with Crippen molar-refractivity contribution >= 4 is 17.4 Å². The number of hydrogen-bond donors (Lipinski definition) is 0. The largest absolute Gasteiger partial charge is 0.469 e. The number of esters is 1. The molecule has 0 amide bonds. The van der Waals surface area contributed by atoms with Gasteiger partial charge in [0.05, 0.1) is 13.5 Å². The maximum atomic E-state index is 11.5. The summed E-state index contributed by atoms with van der Waals surface area (Å²) < 4.78 is 4.59. The molecule has 0 radical (unpaired) electrons. The Bertz CT molecular complexity index is 412. The molecule has 18 heavy (non-hydrogen) atoms. The van der Waals surface area contributed by atoms with Crippen molar-refractivity contribution in [3.8, 4) is 0 Å². The van der Waals surface area contributed by atoms with Crippen LogP contribution in [-0.4, -0.2) is 32.5 Å². The number of carbonyl (C=O) groups is 2. The van der Waals surface area contributed by atoms with Gasteiger partial charge >= 0.3 is 5.97 Å². The van der Waals surface area contributed by atoms with Gasteiger partial charge in [-0.2, -0.15) is 0 Å². The lowest BCUT2D eigenvalue weighted by atomic mass is 10.1. The SMILES string of the molecule is CCC(=O)c1ccc(N(C)CCC(=O)OC)cc1. The molecule has 0 atom stereocenters. The molecule has 98 valence electrons. The standard InChI is InChI=1S/C14H19NO3/c1-4-13(16)11-5-7-12(8-6-11)15(2)10-9-14(17)18-3/h5-8H,4,9-10H2,1-3H3. The molecular formula is C14H19NO3. The average Bonchev–Trinajstić information content (AvgIpc) is 2.43. The highest BCUT2D eigenvalue weighted by Gasteiger charge is 2.07. The predicted molar refractivity (Wildman–Crippen MR) is 71.0 cm³/mol. The Labute approximate surface area is 108 Å². The molecule has 0 aliphatic carbocycles. The number of Topliss-reactive ketones (excluding diaryl/α,β-unsaturated/α-hetero) is 1. The van der Waals surface area contributed by atoms with Gasteiger partial charge < -0.3 is 9.64 Å². The van der Waals surface area contributed by atoms with E-state index in [4.69, 9.17) is 0 Å². The second-order valence-electron chi connectivity index (χ2n) is 4.07. The number of ketones is 1. The van der Waals surface area contributed by atoms with Crippen molar-refractivity contribution in [1.82, 2.24) is 0 Å². The van der Waals surface area contributed by atoms with E-state index in [0.29, 0.717) is 19.4 Å². The summed E-state index contributed by atoms with van der Waals surface area (Å²) in [6.07, 6.45) is 0.861. The third kappa shape index (κ3) is 3.87. The normalized spacial score (nSPS) is 9.94. The van der Waals surface area contributed by atoms with Crippen LogP contribution in [-0.2, 0) is 9.53 Å². The first-order valence-electron chi connectivity index (χ1n) is 5.99. The molecule has 0 fully saturated rings. The smallest absolute Gasteiger partial charge is 0.307 e. The van der Waals surface area contributed by atoms with Gasteiger partial charge in [0.2, 0.25) is 0 Å². The van der Waals surface area contributed by atoms with Crippen molar-refractivity contribution in [2.24, 2.45) is 0 Å². The van der Waals surface area contributed by atoms with Crippen LogP contribution in [0.5, 0.6) is 0 Å². The van der Waals surface area contributed by atoms with Crippen LogP contribution in [0.3, 0.4) is 0 Å². The number of rotatable bonds is 6. The van der Waals surface area contributed by atoms with E-state index in [2.05, 4.69) is 4.74 Å². The Kier molecular flexibility index (Phi) is 5.36. The van der Waals surface area contributed by atoms with Gasteiger partial charge in [-0.05, 0) is 24.3 Å². The van der Waals surface area contributed by atoms with Crippen molar-refractivity contribution < 1.29 is 14.3 Å². The Morgan fingerprint density at radius 3 is 2.33 bits per heavy atom. The lowest BCUT2D eigenvalue weighted by Gasteiger charge is -2.18. The van der Waals surface area contributed by atoms with Crippen LogP contribution >= 0.6 is 0 Å². The van der Waals surface area contributed by atoms with Gasteiger partial charge in [0.1, 0.15) is 0 Å². The fourth-order valence-electron chi connectivity index (χ4n) is 1.60. The van der Waals surface area contributed by atoms with Gasteiger partial charge in [0.15, 0.2) is 5.78 Å². The molecule has 1 aromatic rings. The molecule has 0 heterocycles. The third-order valence-electron chi connectivity index (χ3n) is 2.83. The van der Waals surface area contributed by atoms with Crippen LogP contribution in [0.1, 0.15) is 30.1 Å². The van der Waals surface area contributed by atoms with Gasteiger partial charge in [-0.15, -0.1) is 0 Å². The second-order valence-corrected chi connectivity index (χ2v) is 4.07. The van der Waals surface area contributed by atoms with E-state index in [0.717, 1.165) is 11.3 Å². The maximum absolute atomic E-state index is 11.5. The van der Waals surface area contributed by atoms with Crippen LogP contribution in [0.4, 0.5) is 5.69 Å². The molecule has 4 heteroatoms. The first-order valence-corrected chi connectivity index (χ1v) is 5.99. The lowest BCUT2D eigenvalue weighted by molar-refractivity contribution is -0.140. The van der Waals surface area contributed by atoms with Crippen LogP contribution in [0.15, 0.2) is 24.3 Å². The Hall–Kier alpha value is -1.84. The zero-order chi connectivity index (χ0) is 13.5. The van der Waals surface area contributed by atoms with E-state index in [1.807, 2.05) is 43.1 Å². The fraction of sp³-hybridized carbons (Fsp3) is 0.429. The summed E-state index contributed by atoms with van der Waals surface area (Å²) in [6.45, 7) is 2.44. The monoisotopic (exact) mass is 249 g/mol. The fourth-order valence-corrected chi connectivity index (χ4v) is 1.60. The molecule has 0 spiro atoms. The molecule has 1 aromatic carbocycles. The molecule has 0 unspecified atom stereocenters. The molecule has 0 bridgehead atoms. The summed E-state index contributed by atoms with van der Waals surface area (Å²) in [5.74, 6) is -0.0848. The predicted octanol–water partition coefficient (Wildman–Crippen LogP) is 2.28. The van der Waals surface area contributed by atoms with E-state index in [9.17, 15) is 9.59 Å². The highest BCUT2D eigenvalue weighted by Crippen LogP contribution is 2.15. The van der Waals surface area contributed by atoms with E-state index in [-0.39, 0.29) is 11.8 Å². The van der Waals surface area contributed by atoms with Gasteiger partial charge in [0, 0.05) is 31.3 Å². The van der Waals surface area contributed by atoms with Crippen LogP contribution in [0, 0.1) is 0 Å². The van der Waals surface area contributed by atoms with Gasteiger partial charge in [-0.1, -0.05) is 6.92 Å². The minimum atomic E-state index is -0.223. The minimum Gasteiger partial charge on any atom is -0.469 e. The van der Waals surface area contributed by atoms with Crippen molar-refractivity contribution in [2.45, 2.75) is 19.8 Å². The van der Waals surface area contributed by atoms with Crippen LogP contribution in [0.2, 0.25) is 0 Å². The molecule has 0 N–H and O–H groups in total. The molecule has 0 aliphatic heterocycles. The summed E-state index contributed by atoms with van der Waals surface area (Å²) in [5.41, 5.74) is 1.70. The summed E-state index contributed by atoms with van der Waals surface area (Å²) >= 11 is 0. The number of ether oxygens (including phenoxy) is 1. The summed E-state index contributed by atoms with van der Waals surface area (Å²) in [7, 11) is 3.28. The molecule has 4 nitrogen and oxygen atoms in total. The molecule has 1 rings (SSSR count). The van der Waals surface area contributed by atoms with Gasteiger partial charge in [-0.25, -0.2) is 0 Å². The Balaban J connectivity index is 2.61. The van der Waals surface area contributed by atoms with Crippen molar-refractivity contribution in [3.05, 3.63) is 29.8 Å². The number of methoxy groups -OCH3 is 1. The van der Waals surface area contributed by atoms with Crippen LogP contribution < -0.4 is 4.90 Å². The first-order chi connectivity index (χ1) is 8.58. The Morgan fingerprint density at radius 1 is 1.22 bits per heavy atom. The van der Waals surface area contributed by atoms with E-state index in [1.165, 1.54) is 7.11 Å². The third-order valence-corrected chi connectivity index (χ3v) is 2.83. The van der Waals surface area contributed by atoms with Gasteiger partial charge in [0.25, 0.3) is 0 Å². The minimum absolute atomic E-state index is 0.138. The molecular weight excluding hydrogens is 230 g/mol. The second kappa shape index (κ2) is 6.79. The van der Waals surface area contributed by atoms with E-state index in [1.54, 1.807) is 0 Å². The number of benzene rings is 1. The Morgan fingerprint density at radius 2 is 1.83 bits per heavy atom. The van der Waals surface area contributed by atoms with E-state index >= 15 is 0 Å². The summed E-state index contributed by atoms with van der Waals surface area (Å²) in [5, 5.41) is 0. The number of hydrogen-bond acceptors (Lipinski definition) is 4.